The average molecular weight is 441 g/mol. The molecule has 0 aliphatic heterocycles. The van der Waals surface area contributed by atoms with Crippen LogP contribution in [0.3, 0.4) is 0 Å². The Labute approximate surface area is 183 Å². The quantitative estimate of drug-likeness (QED) is 0.576. The maximum absolute atomic E-state index is 11.5. The SMILES string of the molecule is NC(=O)c1cccnc1OC1CC2(CC(Nc3nc(-c4ccc(Cl)cc4)cs3)C2)C1. The Balaban J connectivity index is 1.12. The molecule has 2 aliphatic carbocycles. The molecule has 1 aromatic carbocycles. The Morgan fingerprint density at radius 3 is 2.70 bits per heavy atom. The number of thiazole rings is 1. The van der Waals surface area contributed by atoms with Gasteiger partial charge in [0.2, 0.25) is 5.88 Å². The standard InChI is InChI=1S/C22H21ClN4O2S/c23-14-5-3-13(4-6-14)18-12-30-21(27-18)26-15-8-22(9-15)10-16(11-22)29-20-17(19(24)28)2-1-7-25-20/h1-7,12,15-16H,8-11H2,(H2,24,28)(H,26,27). The largest absolute Gasteiger partial charge is 0.474 e. The van der Waals surface area contributed by atoms with Crippen LogP contribution in [0.5, 0.6) is 5.88 Å². The van der Waals surface area contributed by atoms with Crippen molar-refractivity contribution >= 4 is 34.0 Å². The summed E-state index contributed by atoms with van der Waals surface area (Å²) in [6.07, 6.45) is 5.88. The molecule has 0 radical (unpaired) electrons. The molecule has 0 atom stereocenters. The zero-order chi connectivity index (χ0) is 20.7. The summed E-state index contributed by atoms with van der Waals surface area (Å²) < 4.78 is 5.94. The van der Waals surface area contributed by atoms with Crippen LogP contribution in [0.25, 0.3) is 11.3 Å². The van der Waals surface area contributed by atoms with Gasteiger partial charge in [0, 0.05) is 28.2 Å². The highest BCUT2D eigenvalue weighted by atomic mass is 35.5. The number of pyridine rings is 1. The second-order valence-corrected chi connectivity index (χ2v) is 9.46. The Morgan fingerprint density at radius 1 is 1.20 bits per heavy atom. The first-order chi connectivity index (χ1) is 14.5. The van der Waals surface area contributed by atoms with Gasteiger partial charge in [-0.2, -0.15) is 0 Å². The number of rotatable bonds is 6. The minimum Gasteiger partial charge on any atom is -0.474 e. The third kappa shape index (κ3) is 3.75. The van der Waals surface area contributed by atoms with E-state index in [-0.39, 0.29) is 6.10 Å². The smallest absolute Gasteiger partial charge is 0.254 e. The van der Waals surface area contributed by atoms with Gasteiger partial charge < -0.3 is 15.8 Å². The Bertz CT molecular complexity index is 1070. The molecule has 0 saturated heterocycles. The molecular formula is C22H21ClN4O2S. The number of nitrogens with two attached hydrogens (primary N) is 1. The molecule has 30 heavy (non-hydrogen) atoms. The second kappa shape index (κ2) is 7.56. The predicted octanol–water partition coefficient (Wildman–Crippen LogP) is 4.76. The Morgan fingerprint density at radius 2 is 1.97 bits per heavy atom. The van der Waals surface area contributed by atoms with Crippen LogP contribution in [-0.4, -0.2) is 28.0 Å². The van der Waals surface area contributed by atoms with Gasteiger partial charge in [-0.15, -0.1) is 11.3 Å². The number of aromatic nitrogens is 2. The number of primary amides is 1. The molecule has 2 saturated carbocycles. The fourth-order valence-corrected chi connectivity index (χ4v) is 5.43. The van der Waals surface area contributed by atoms with E-state index in [4.69, 9.17) is 27.1 Å². The van der Waals surface area contributed by atoms with E-state index in [1.807, 2.05) is 24.3 Å². The second-order valence-electron chi connectivity index (χ2n) is 8.16. The fraction of sp³-hybridized carbons (Fsp3) is 0.318. The molecule has 0 bridgehead atoms. The zero-order valence-corrected chi connectivity index (χ0v) is 17.7. The summed E-state index contributed by atoms with van der Waals surface area (Å²) in [7, 11) is 0. The molecule has 154 valence electrons. The van der Waals surface area contributed by atoms with Crippen molar-refractivity contribution in [2.45, 2.75) is 37.8 Å². The lowest BCUT2D eigenvalue weighted by molar-refractivity contribution is -0.0759. The lowest BCUT2D eigenvalue weighted by Crippen LogP contribution is -2.56. The summed E-state index contributed by atoms with van der Waals surface area (Å²) >= 11 is 7.59. The number of halogens is 1. The van der Waals surface area contributed by atoms with Crippen molar-refractivity contribution in [2.75, 3.05) is 5.32 Å². The first-order valence-electron chi connectivity index (χ1n) is 9.89. The van der Waals surface area contributed by atoms with Crippen LogP contribution in [0.2, 0.25) is 5.02 Å². The Kier molecular flexibility index (Phi) is 4.87. The maximum atomic E-state index is 11.5. The van der Waals surface area contributed by atoms with Gasteiger partial charge in [-0.3, -0.25) is 4.79 Å². The third-order valence-corrected chi connectivity index (χ3v) is 6.99. The van der Waals surface area contributed by atoms with Crippen molar-refractivity contribution in [3.8, 4) is 17.1 Å². The van der Waals surface area contributed by atoms with Gasteiger partial charge in [0.1, 0.15) is 11.7 Å². The van der Waals surface area contributed by atoms with E-state index in [1.165, 1.54) is 0 Å². The molecular weight excluding hydrogens is 420 g/mol. The van der Waals surface area contributed by atoms with Crippen molar-refractivity contribution < 1.29 is 9.53 Å². The van der Waals surface area contributed by atoms with Crippen molar-refractivity contribution in [3.05, 3.63) is 58.6 Å². The van der Waals surface area contributed by atoms with Crippen LogP contribution in [-0.2, 0) is 0 Å². The number of nitrogens with zero attached hydrogens (tertiary/aromatic N) is 2. The lowest BCUT2D eigenvalue weighted by atomic mass is 9.53. The number of ether oxygens (including phenoxy) is 1. The molecule has 5 rings (SSSR count). The number of amides is 1. The van der Waals surface area contributed by atoms with Crippen molar-refractivity contribution in [1.82, 2.24) is 9.97 Å². The van der Waals surface area contributed by atoms with Gasteiger partial charge in [-0.05, 0) is 55.4 Å². The molecule has 2 aromatic heterocycles. The molecule has 1 spiro atoms. The minimum atomic E-state index is -0.513. The summed E-state index contributed by atoms with van der Waals surface area (Å²) in [5, 5.41) is 7.30. The molecule has 2 fully saturated rings. The highest BCUT2D eigenvalue weighted by Gasteiger charge is 2.54. The first kappa shape index (κ1) is 19.3. The third-order valence-electron chi connectivity index (χ3n) is 5.97. The van der Waals surface area contributed by atoms with Gasteiger partial charge in [0.25, 0.3) is 5.91 Å². The number of hydrogen-bond donors (Lipinski definition) is 2. The van der Waals surface area contributed by atoms with Gasteiger partial charge in [-0.25, -0.2) is 9.97 Å². The van der Waals surface area contributed by atoms with Gasteiger partial charge in [-0.1, -0.05) is 23.7 Å². The number of benzene rings is 1. The van der Waals surface area contributed by atoms with E-state index < -0.39 is 5.91 Å². The van der Waals surface area contributed by atoms with Crippen LogP contribution in [0, 0.1) is 5.41 Å². The van der Waals surface area contributed by atoms with Crippen molar-refractivity contribution in [2.24, 2.45) is 11.1 Å². The molecule has 8 heteroatoms. The molecule has 3 N–H and O–H groups in total. The summed E-state index contributed by atoms with van der Waals surface area (Å²) in [6.45, 7) is 0. The predicted molar refractivity (Wildman–Crippen MR) is 118 cm³/mol. The molecule has 0 unspecified atom stereocenters. The number of carbonyl (C=O) groups excluding carboxylic acids is 1. The summed E-state index contributed by atoms with van der Waals surface area (Å²) in [6, 6.07) is 11.5. The first-order valence-corrected chi connectivity index (χ1v) is 11.1. The van der Waals surface area contributed by atoms with Crippen LogP contribution >= 0.6 is 22.9 Å². The highest BCUT2D eigenvalue weighted by molar-refractivity contribution is 7.14. The van der Waals surface area contributed by atoms with Gasteiger partial charge in [0.15, 0.2) is 5.13 Å². The number of nitrogens with one attached hydrogen (secondary N) is 1. The van der Waals surface area contributed by atoms with E-state index >= 15 is 0 Å². The molecule has 6 nitrogen and oxygen atoms in total. The number of anilines is 1. The number of carbonyl (C=O) groups is 1. The monoisotopic (exact) mass is 440 g/mol. The van der Waals surface area contributed by atoms with Crippen LogP contribution < -0.4 is 15.8 Å². The van der Waals surface area contributed by atoms with E-state index in [9.17, 15) is 4.79 Å². The van der Waals surface area contributed by atoms with E-state index in [0.717, 1.165) is 47.1 Å². The topological polar surface area (TPSA) is 90.1 Å². The van der Waals surface area contributed by atoms with E-state index in [2.05, 4.69) is 15.7 Å². The van der Waals surface area contributed by atoms with Gasteiger partial charge >= 0.3 is 0 Å². The van der Waals surface area contributed by atoms with Crippen LogP contribution in [0.15, 0.2) is 48.0 Å². The summed E-state index contributed by atoms with van der Waals surface area (Å²) in [4.78, 5) is 20.4. The van der Waals surface area contributed by atoms with Crippen molar-refractivity contribution in [3.63, 3.8) is 0 Å². The highest BCUT2D eigenvalue weighted by Crippen LogP contribution is 2.57. The van der Waals surface area contributed by atoms with Crippen LogP contribution in [0.1, 0.15) is 36.0 Å². The molecule has 1 amide bonds. The molecule has 3 aromatic rings. The fourth-order valence-electron chi connectivity index (χ4n) is 4.51. The Hall–Kier alpha value is -2.64. The van der Waals surface area contributed by atoms with Crippen LogP contribution in [0.4, 0.5) is 5.13 Å². The summed E-state index contributed by atoms with van der Waals surface area (Å²) in [5.74, 6) is -0.169. The van der Waals surface area contributed by atoms with Gasteiger partial charge in [0.05, 0.1) is 5.69 Å². The molecule has 2 aliphatic rings. The zero-order valence-electron chi connectivity index (χ0n) is 16.2. The van der Waals surface area contributed by atoms with Crippen molar-refractivity contribution in [1.29, 1.82) is 0 Å². The lowest BCUT2D eigenvalue weighted by Gasteiger charge is -2.57. The number of hydrogen-bond acceptors (Lipinski definition) is 6. The minimum absolute atomic E-state index is 0.0929. The normalized spacial score (nSPS) is 24.7. The van der Waals surface area contributed by atoms with E-state index in [1.54, 1.807) is 29.7 Å². The van der Waals surface area contributed by atoms with E-state index in [0.29, 0.717) is 22.9 Å². The maximum Gasteiger partial charge on any atom is 0.254 e. The summed E-state index contributed by atoms with van der Waals surface area (Å²) in [5.41, 5.74) is 8.10. The molecule has 2 heterocycles. The average Bonchev–Trinajstić information content (AvgIpc) is 3.14.